The number of hydrogen-bond acceptors (Lipinski definition) is 4. The molecule has 0 spiro atoms. The molecule has 1 aromatic rings. The summed E-state index contributed by atoms with van der Waals surface area (Å²) in [5.74, 6) is -2.55. The van der Waals surface area contributed by atoms with Crippen molar-refractivity contribution in [2.24, 2.45) is 0 Å². The molecule has 0 aliphatic carbocycles. The molecule has 1 aliphatic heterocycles. The molecule has 1 saturated heterocycles. The van der Waals surface area contributed by atoms with Crippen LogP contribution < -0.4 is 4.74 Å². The maximum atomic E-state index is 9.10. The lowest BCUT2D eigenvalue weighted by Gasteiger charge is -2.26. The van der Waals surface area contributed by atoms with Gasteiger partial charge in [-0.1, -0.05) is 18.6 Å². The molecule has 1 aliphatic rings. The summed E-state index contributed by atoms with van der Waals surface area (Å²) >= 11 is 0. The van der Waals surface area contributed by atoms with Crippen molar-refractivity contribution in [1.29, 1.82) is 0 Å². The third-order valence-corrected chi connectivity index (χ3v) is 4.37. The van der Waals surface area contributed by atoms with E-state index in [0.717, 1.165) is 18.8 Å². The summed E-state index contributed by atoms with van der Waals surface area (Å²) in [4.78, 5) is 20.8. The maximum absolute atomic E-state index is 9.10. The Hall–Kier alpha value is -2.08. The zero-order valence-electron chi connectivity index (χ0n) is 15.4. The molecule has 6 nitrogen and oxygen atoms in total. The van der Waals surface area contributed by atoms with Crippen LogP contribution in [0.4, 0.5) is 0 Å². The molecule has 2 N–H and O–H groups in total. The first-order valence-electron chi connectivity index (χ1n) is 8.71. The van der Waals surface area contributed by atoms with Gasteiger partial charge in [-0.2, -0.15) is 0 Å². The highest BCUT2D eigenvalue weighted by molar-refractivity contribution is 6.27. The molecule has 1 aromatic carbocycles. The number of carboxylic acid groups (broad SMARTS) is 2. The molecule has 0 unspecified atom stereocenters. The fourth-order valence-corrected chi connectivity index (χ4v) is 2.79. The van der Waals surface area contributed by atoms with Crippen LogP contribution in [-0.4, -0.2) is 53.3 Å². The van der Waals surface area contributed by atoms with Crippen molar-refractivity contribution in [3.8, 4) is 5.75 Å². The molecule has 1 heterocycles. The Kier molecular flexibility index (Phi) is 8.99. The molecule has 1 fully saturated rings. The van der Waals surface area contributed by atoms with Crippen molar-refractivity contribution in [2.75, 3.05) is 26.2 Å². The van der Waals surface area contributed by atoms with Crippen LogP contribution in [0.25, 0.3) is 0 Å². The Morgan fingerprint density at radius 1 is 1.00 bits per heavy atom. The minimum Gasteiger partial charge on any atom is -0.493 e. The van der Waals surface area contributed by atoms with Gasteiger partial charge < -0.3 is 19.8 Å². The largest absolute Gasteiger partial charge is 0.493 e. The highest BCUT2D eigenvalue weighted by Crippen LogP contribution is 2.25. The number of rotatable bonds is 5. The number of benzene rings is 1. The molecule has 2 rings (SSSR count). The molecule has 0 saturated carbocycles. The van der Waals surface area contributed by atoms with Gasteiger partial charge in [-0.15, -0.1) is 0 Å². The van der Waals surface area contributed by atoms with E-state index in [4.69, 9.17) is 24.5 Å². The van der Waals surface area contributed by atoms with E-state index >= 15 is 0 Å². The van der Waals surface area contributed by atoms with Crippen LogP contribution in [0.15, 0.2) is 12.1 Å². The van der Waals surface area contributed by atoms with E-state index < -0.39 is 11.9 Å². The Labute approximate surface area is 149 Å². The van der Waals surface area contributed by atoms with Crippen LogP contribution in [0.5, 0.6) is 5.75 Å². The molecule has 6 heteroatoms. The number of nitrogens with zero attached hydrogens (tertiary/aromatic N) is 1. The second-order valence-corrected chi connectivity index (χ2v) is 6.37. The van der Waals surface area contributed by atoms with Crippen molar-refractivity contribution in [3.05, 3.63) is 28.8 Å². The highest BCUT2D eigenvalue weighted by atomic mass is 16.5. The molecular weight excluding hydrogens is 322 g/mol. The minimum atomic E-state index is -1.82. The lowest BCUT2D eigenvalue weighted by atomic mass is 10.1. The van der Waals surface area contributed by atoms with Gasteiger partial charge in [0.05, 0.1) is 6.61 Å². The minimum absolute atomic E-state index is 0.835. The smallest absolute Gasteiger partial charge is 0.414 e. The average molecular weight is 351 g/mol. The van der Waals surface area contributed by atoms with Crippen LogP contribution in [0.2, 0.25) is 0 Å². The number of carboxylic acids is 2. The van der Waals surface area contributed by atoms with Gasteiger partial charge in [0.1, 0.15) is 5.75 Å². The second-order valence-electron chi connectivity index (χ2n) is 6.37. The van der Waals surface area contributed by atoms with Gasteiger partial charge in [0.25, 0.3) is 0 Å². The number of piperidine rings is 1. The molecule has 0 aromatic heterocycles. The number of hydrogen-bond donors (Lipinski definition) is 2. The Bertz CT molecular complexity index is 567. The van der Waals surface area contributed by atoms with Crippen molar-refractivity contribution < 1.29 is 24.5 Å². The number of aliphatic carboxylic acids is 2. The average Bonchev–Trinajstić information content (AvgIpc) is 2.59. The van der Waals surface area contributed by atoms with Crippen molar-refractivity contribution in [2.45, 2.75) is 46.5 Å². The van der Waals surface area contributed by atoms with Crippen LogP contribution in [0, 0.1) is 20.8 Å². The number of ether oxygens (including phenoxy) is 1. The molecule has 0 atom stereocenters. The second kappa shape index (κ2) is 10.7. The first kappa shape index (κ1) is 21.0. The monoisotopic (exact) mass is 351 g/mol. The molecule has 0 bridgehead atoms. The van der Waals surface area contributed by atoms with Gasteiger partial charge in [-0.3, -0.25) is 0 Å². The first-order valence-corrected chi connectivity index (χ1v) is 8.71. The normalized spacial score (nSPS) is 14.4. The summed E-state index contributed by atoms with van der Waals surface area (Å²) in [6.45, 7) is 11.0. The summed E-state index contributed by atoms with van der Waals surface area (Å²) in [6.07, 6.45) is 5.29. The molecule has 140 valence electrons. The van der Waals surface area contributed by atoms with Gasteiger partial charge in [-0.25, -0.2) is 9.59 Å². The zero-order valence-corrected chi connectivity index (χ0v) is 15.4. The summed E-state index contributed by atoms with van der Waals surface area (Å²) < 4.78 is 6.01. The van der Waals surface area contributed by atoms with E-state index in [1.165, 1.54) is 55.6 Å². The van der Waals surface area contributed by atoms with E-state index in [9.17, 15) is 0 Å². The third kappa shape index (κ3) is 7.56. The quantitative estimate of drug-likeness (QED) is 0.626. The topological polar surface area (TPSA) is 87.1 Å². The van der Waals surface area contributed by atoms with E-state index in [1.54, 1.807) is 0 Å². The third-order valence-electron chi connectivity index (χ3n) is 4.37. The van der Waals surface area contributed by atoms with Crippen molar-refractivity contribution in [1.82, 2.24) is 4.90 Å². The molecule has 0 radical (unpaired) electrons. The summed E-state index contributed by atoms with van der Waals surface area (Å²) in [6, 6.07) is 4.33. The van der Waals surface area contributed by atoms with Gasteiger partial charge in [0.15, 0.2) is 0 Å². The van der Waals surface area contributed by atoms with Gasteiger partial charge in [0.2, 0.25) is 0 Å². The van der Waals surface area contributed by atoms with Crippen LogP contribution >= 0.6 is 0 Å². The molecular formula is C19H29NO5. The van der Waals surface area contributed by atoms with E-state index in [0.29, 0.717) is 0 Å². The van der Waals surface area contributed by atoms with Gasteiger partial charge in [-0.05, 0) is 69.8 Å². The Balaban J connectivity index is 0.000000450. The summed E-state index contributed by atoms with van der Waals surface area (Å²) in [7, 11) is 0. The predicted octanol–water partition coefficient (Wildman–Crippen LogP) is 3.02. The van der Waals surface area contributed by atoms with E-state index in [1.807, 2.05) is 0 Å². The van der Waals surface area contributed by atoms with Crippen molar-refractivity contribution >= 4 is 11.9 Å². The van der Waals surface area contributed by atoms with Crippen LogP contribution in [0.1, 0.15) is 42.4 Å². The standard InChI is InChI=1S/C17H27NO.C2H2O4/c1-14-8-9-15(2)17(16(14)3)19-13-7-12-18-10-5-4-6-11-18;3-1(4)2(5)6/h8-9H,4-7,10-13H2,1-3H3;(H,3,4)(H,5,6). The first-order chi connectivity index (χ1) is 11.8. The van der Waals surface area contributed by atoms with Crippen LogP contribution in [-0.2, 0) is 9.59 Å². The Morgan fingerprint density at radius 3 is 2.12 bits per heavy atom. The number of aryl methyl sites for hydroxylation is 2. The maximum Gasteiger partial charge on any atom is 0.414 e. The van der Waals surface area contributed by atoms with E-state index in [2.05, 4.69) is 37.8 Å². The Morgan fingerprint density at radius 2 is 1.56 bits per heavy atom. The van der Waals surface area contributed by atoms with Gasteiger partial charge >= 0.3 is 11.9 Å². The lowest BCUT2D eigenvalue weighted by molar-refractivity contribution is -0.159. The lowest BCUT2D eigenvalue weighted by Crippen LogP contribution is -2.31. The number of carbonyl (C=O) groups is 2. The van der Waals surface area contributed by atoms with Crippen LogP contribution in [0.3, 0.4) is 0 Å². The fraction of sp³-hybridized carbons (Fsp3) is 0.579. The fourth-order valence-electron chi connectivity index (χ4n) is 2.79. The van der Waals surface area contributed by atoms with E-state index in [-0.39, 0.29) is 0 Å². The summed E-state index contributed by atoms with van der Waals surface area (Å²) in [5.41, 5.74) is 3.86. The number of likely N-dealkylation sites (tertiary alicyclic amines) is 1. The SMILES string of the molecule is Cc1ccc(C)c(OCCCN2CCCCC2)c1C.O=C(O)C(=O)O. The van der Waals surface area contributed by atoms with Gasteiger partial charge in [0, 0.05) is 6.54 Å². The highest BCUT2D eigenvalue weighted by Gasteiger charge is 2.10. The molecule has 25 heavy (non-hydrogen) atoms. The summed E-state index contributed by atoms with van der Waals surface area (Å²) in [5, 5.41) is 14.8. The zero-order chi connectivity index (χ0) is 18.8. The van der Waals surface area contributed by atoms with Crippen molar-refractivity contribution in [3.63, 3.8) is 0 Å². The molecule has 0 amide bonds. The predicted molar refractivity (Wildman–Crippen MR) is 96.3 cm³/mol.